The Labute approximate surface area is 405 Å². The molecule has 0 radical (unpaired) electrons. The van der Waals surface area contributed by atoms with Crippen LogP contribution in [-0.2, 0) is 27.4 Å². The number of carbonyl (C=O) groups is 2. The number of hydrogen-bond donors (Lipinski definition) is 1. The van der Waals surface area contributed by atoms with Crippen molar-refractivity contribution in [2.24, 2.45) is 10.8 Å². The second kappa shape index (κ2) is 23.7. The summed E-state index contributed by atoms with van der Waals surface area (Å²) in [7, 11) is 0. The monoisotopic (exact) mass is 968 g/mol. The van der Waals surface area contributed by atoms with Crippen molar-refractivity contribution in [2.45, 2.75) is 93.6 Å². The number of aryl methyl sites for hydroxylation is 4. The Morgan fingerprint density at radius 3 is 1.50 bits per heavy atom. The van der Waals surface area contributed by atoms with Crippen LogP contribution in [0.15, 0.2) is 114 Å². The highest BCUT2D eigenvalue weighted by Crippen LogP contribution is 2.39. The number of ether oxygens (including phenoxy) is 1. The molecule has 2 aliphatic rings. The first-order valence-electron chi connectivity index (χ1n) is 23.4. The number of pyridine rings is 2. The van der Waals surface area contributed by atoms with Crippen molar-refractivity contribution < 1.29 is 19.4 Å². The summed E-state index contributed by atoms with van der Waals surface area (Å²) in [6, 6.07) is 27.8. The molecule has 66 heavy (non-hydrogen) atoms. The standard InChI is InChI=1S/C27H34N2O3S2.C25H30N2O3S2/c1-3-32-26(31)27(12-15-28(16-13-27)17-19-34-25-6-4-18-33-25)11-5-14-29-23-20-21(2)7-8-22(23)9-10-24(29)30;1-19-5-6-20-7-8-22(28)27(21(20)18-19)12-3-9-25(24(29)30)10-13-26(14-11-25)15-17-32-23-4-2-16-31-23/h4,6-10,18,20H,3,5,11-17,19H2,1-2H3;2,4-8,16,18H,3,9-15,17H2,1H3,(H,29,30). The number of carbonyl (C=O) groups excluding carboxylic acids is 1. The lowest BCUT2D eigenvalue weighted by atomic mass is 9.74. The van der Waals surface area contributed by atoms with Gasteiger partial charge < -0.3 is 28.8 Å². The van der Waals surface area contributed by atoms with Gasteiger partial charge in [-0.25, -0.2) is 0 Å². The average Bonchev–Trinajstić information content (AvgIpc) is 4.05. The molecule has 2 aliphatic heterocycles. The number of benzene rings is 2. The van der Waals surface area contributed by atoms with E-state index in [-0.39, 0.29) is 17.1 Å². The fourth-order valence-corrected chi connectivity index (χ4v) is 13.2. The van der Waals surface area contributed by atoms with E-state index in [2.05, 4.69) is 63.0 Å². The summed E-state index contributed by atoms with van der Waals surface area (Å²) in [5, 5.41) is 16.4. The van der Waals surface area contributed by atoms with E-state index in [9.17, 15) is 24.3 Å². The summed E-state index contributed by atoms with van der Waals surface area (Å²) in [6.45, 7) is 13.0. The molecule has 6 aromatic rings. The van der Waals surface area contributed by atoms with Crippen LogP contribution in [0.2, 0.25) is 0 Å². The lowest BCUT2D eigenvalue weighted by molar-refractivity contribution is -0.159. The molecule has 4 aromatic heterocycles. The van der Waals surface area contributed by atoms with Crippen molar-refractivity contribution in [2.75, 3.05) is 57.4 Å². The number of esters is 1. The molecule has 0 unspecified atom stereocenters. The van der Waals surface area contributed by atoms with Crippen molar-refractivity contribution in [3.05, 3.63) is 128 Å². The molecule has 0 aliphatic carbocycles. The van der Waals surface area contributed by atoms with Gasteiger partial charge in [0.05, 0.1) is 36.9 Å². The quantitative estimate of drug-likeness (QED) is 0.0622. The molecule has 1 N–H and O–H groups in total. The largest absolute Gasteiger partial charge is 0.481 e. The number of hydrogen-bond acceptors (Lipinski definition) is 11. The molecule has 2 saturated heterocycles. The third-order valence-electron chi connectivity index (χ3n) is 13.5. The van der Waals surface area contributed by atoms with Gasteiger partial charge in [-0.3, -0.25) is 19.2 Å². The minimum absolute atomic E-state index is 0.0151. The molecule has 0 amide bonds. The Bertz CT molecular complexity index is 2630. The van der Waals surface area contributed by atoms with Crippen LogP contribution in [0, 0.1) is 24.7 Å². The molecule has 352 valence electrons. The lowest BCUT2D eigenvalue weighted by Crippen LogP contribution is -2.46. The molecule has 10 nitrogen and oxygen atoms in total. The Morgan fingerprint density at radius 2 is 1.08 bits per heavy atom. The number of thiophene rings is 2. The van der Waals surface area contributed by atoms with Crippen molar-refractivity contribution >= 4 is 79.9 Å². The molecule has 6 heterocycles. The minimum atomic E-state index is -0.689. The topological polar surface area (TPSA) is 114 Å². The van der Waals surface area contributed by atoms with Gasteiger partial charge in [0.15, 0.2) is 0 Å². The van der Waals surface area contributed by atoms with Crippen LogP contribution >= 0.6 is 46.2 Å². The predicted octanol–water partition coefficient (Wildman–Crippen LogP) is 10.7. The molecule has 14 heteroatoms. The number of nitrogens with zero attached hydrogens (tertiary/aromatic N) is 4. The van der Waals surface area contributed by atoms with Gasteiger partial charge >= 0.3 is 11.9 Å². The SMILES string of the molecule is CCOC(=O)C1(CCCn2c(=O)ccc3ccc(C)cc32)CCN(CCSc2cccs2)CC1.Cc1ccc2ccc(=O)n(CCCC3(C(=O)O)CCN(CCSc4cccs4)CC3)c2c1. The third kappa shape index (κ3) is 12.9. The van der Waals surface area contributed by atoms with Crippen molar-refractivity contribution in [3.63, 3.8) is 0 Å². The maximum Gasteiger partial charge on any atom is 0.312 e. The van der Waals surface area contributed by atoms with Gasteiger partial charge in [-0.05, 0) is 167 Å². The van der Waals surface area contributed by atoms with E-state index in [0.717, 1.165) is 109 Å². The molecule has 2 aromatic carbocycles. The fraction of sp³-hybridized carbons (Fsp3) is 0.462. The summed E-state index contributed by atoms with van der Waals surface area (Å²) in [5.41, 5.74) is 3.02. The van der Waals surface area contributed by atoms with E-state index in [1.165, 1.54) is 8.42 Å². The molecule has 8 rings (SSSR count). The summed E-state index contributed by atoms with van der Waals surface area (Å²) >= 11 is 7.32. The summed E-state index contributed by atoms with van der Waals surface area (Å²) in [6.07, 6.45) is 5.81. The Morgan fingerprint density at radius 1 is 0.636 bits per heavy atom. The minimum Gasteiger partial charge on any atom is -0.481 e. The van der Waals surface area contributed by atoms with Gasteiger partial charge in [0.2, 0.25) is 0 Å². The second-order valence-corrected chi connectivity index (χ2v) is 22.5. The van der Waals surface area contributed by atoms with Gasteiger partial charge in [-0.1, -0.05) is 36.4 Å². The Hall–Kier alpha value is -4.18. The highest BCUT2D eigenvalue weighted by atomic mass is 32.2. The maximum absolute atomic E-state index is 13.1. The zero-order chi connectivity index (χ0) is 46.5. The normalized spacial score (nSPS) is 16.2. The van der Waals surface area contributed by atoms with E-state index in [0.29, 0.717) is 45.4 Å². The van der Waals surface area contributed by atoms with Gasteiger partial charge in [-0.15, -0.1) is 46.2 Å². The van der Waals surface area contributed by atoms with Crippen LogP contribution in [-0.4, -0.2) is 93.4 Å². The van der Waals surface area contributed by atoms with Crippen LogP contribution in [0.25, 0.3) is 21.8 Å². The van der Waals surface area contributed by atoms with Crippen molar-refractivity contribution in [1.29, 1.82) is 0 Å². The Kier molecular flexibility index (Phi) is 17.9. The van der Waals surface area contributed by atoms with Crippen LogP contribution in [0.5, 0.6) is 0 Å². The smallest absolute Gasteiger partial charge is 0.312 e. The number of aromatic nitrogens is 2. The highest BCUT2D eigenvalue weighted by molar-refractivity contribution is 8.01. The van der Waals surface area contributed by atoms with Crippen molar-refractivity contribution in [1.82, 2.24) is 18.9 Å². The van der Waals surface area contributed by atoms with E-state index in [4.69, 9.17) is 4.74 Å². The molecule has 0 saturated carbocycles. The summed E-state index contributed by atoms with van der Waals surface area (Å²) in [5.74, 6) is 1.34. The molecular weight excluding hydrogens is 905 g/mol. The van der Waals surface area contributed by atoms with Gasteiger partial charge in [0.25, 0.3) is 11.1 Å². The zero-order valence-electron chi connectivity index (χ0n) is 38.6. The highest BCUT2D eigenvalue weighted by Gasteiger charge is 2.42. The number of carboxylic acids is 1. The molecule has 0 spiro atoms. The van der Waals surface area contributed by atoms with Crippen LogP contribution < -0.4 is 11.1 Å². The third-order valence-corrected chi connectivity index (χ3v) is 17.7. The number of likely N-dealkylation sites (tertiary alicyclic amines) is 2. The van der Waals surface area contributed by atoms with Gasteiger partial charge in [0, 0.05) is 49.8 Å². The predicted molar refractivity (Wildman–Crippen MR) is 275 cm³/mol. The van der Waals surface area contributed by atoms with E-state index < -0.39 is 16.8 Å². The number of piperidine rings is 2. The van der Waals surface area contributed by atoms with Crippen molar-refractivity contribution in [3.8, 4) is 0 Å². The maximum atomic E-state index is 13.1. The van der Waals surface area contributed by atoms with E-state index in [1.54, 1.807) is 39.4 Å². The molecule has 0 bridgehead atoms. The molecule has 2 fully saturated rings. The Balaban J connectivity index is 0.000000197. The number of aliphatic carboxylic acids is 1. The number of thioether (sulfide) groups is 2. The van der Waals surface area contributed by atoms with Crippen LogP contribution in [0.1, 0.15) is 69.4 Å². The summed E-state index contributed by atoms with van der Waals surface area (Å²) < 4.78 is 11.9. The summed E-state index contributed by atoms with van der Waals surface area (Å²) in [4.78, 5) is 55.3. The zero-order valence-corrected chi connectivity index (χ0v) is 41.8. The van der Waals surface area contributed by atoms with Gasteiger partial charge in [0.1, 0.15) is 0 Å². The first-order chi connectivity index (χ1) is 32.0. The van der Waals surface area contributed by atoms with Crippen LogP contribution in [0.3, 0.4) is 0 Å². The van der Waals surface area contributed by atoms with Crippen LogP contribution in [0.4, 0.5) is 0 Å². The fourth-order valence-electron chi connectivity index (χ4n) is 9.47. The first kappa shape index (κ1) is 49.7. The molecular formula is C52H64N4O6S4. The number of carboxylic acid groups (broad SMARTS) is 1. The van der Waals surface area contributed by atoms with Gasteiger partial charge in [-0.2, -0.15) is 0 Å². The van der Waals surface area contributed by atoms with E-state index in [1.807, 2.05) is 79.2 Å². The lowest BCUT2D eigenvalue weighted by Gasteiger charge is -2.40. The molecule has 0 atom stereocenters. The average molecular weight is 969 g/mol. The second-order valence-electron chi connectivity index (χ2n) is 17.8. The number of fused-ring (bicyclic) bond motifs is 2. The first-order valence-corrected chi connectivity index (χ1v) is 27.1. The number of rotatable bonds is 19. The van der Waals surface area contributed by atoms with E-state index >= 15 is 0 Å².